The van der Waals surface area contributed by atoms with Crippen LogP contribution in [-0.2, 0) is 14.8 Å². The molecule has 90 valence electrons. The fraction of sp³-hybridized carbons (Fsp3) is 1.00. The molecular formula is C9H18ClNO3S. The van der Waals surface area contributed by atoms with Gasteiger partial charge in [0.15, 0.2) is 0 Å². The predicted molar refractivity (Wildman–Crippen MR) is 60.6 cm³/mol. The first-order valence-electron chi connectivity index (χ1n) is 5.12. The Hall–Kier alpha value is 0.160. The largest absolute Gasteiger partial charge is 0.383 e. The van der Waals surface area contributed by atoms with Crippen molar-refractivity contribution in [2.75, 3.05) is 25.3 Å². The number of rotatable bonds is 8. The smallest absolute Gasteiger partial charge is 0.212 e. The first kappa shape index (κ1) is 13.2. The van der Waals surface area contributed by atoms with Gasteiger partial charge < -0.3 is 4.74 Å². The number of hydrogen-bond donors (Lipinski definition) is 1. The van der Waals surface area contributed by atoms with Crippen molar-refractivity contribution in [3.8, 4) is 0 Å². The molecule has 0 saturated heterocycles. The summed E-state index contributed by atoms with van der Waals surface area (Å²) in [6.45, 7) is 0.372. The second-order valence-corrected chi connectivity index (χ2v) is 6.15. The van der Waals surface area contributed by atoms with E-state index in [0.29, 0.717) is 24.8 Å². The van der Waals surface area contributed by atoms with Crippen LogP contribution in [0, 0.1) is 5.92 Å². The molecule has 0 amide bonds. The second kappa shape index (κ2) is 6.03. The molecule has 1 N–H and O–H groups in total. The van der Waals surface area contributed by atoms with E-state index in [-0.39, 0.29) is 11.8 Å². The molecule has 1 aliphatic carbocycles. The molecule has 1 unspecified atom stereocenters. The zero-order valence-corrected chi connectivity index (χ0v) is 10.5. The SMILES string of the molecule is COCC(CCCl)NS(=O)(=O)CC1CC1. The molecule has 1 saturated carbocycles. The van der Waals surface area contributed by atoms with Crippen LogP contribution in [0.2, 0.25) is 0 Å². The molecule has 0 radical (unpaired) electrons. The van der Waals surface area contributed by atoms with Gasteiger partial charge in [0.1, 0.15) is 0 Å². The molecule has 0 aliphatic heterocycles. The summed E-state index contributed by atoms with van der Waals surface area (Å²) in [6.07, 6.45) is 2.66. The molecule has 0 aromatic carbocycles. The van der Waals surface area contributed by atoms with Crippen LogP contribution in [0.15, 0.2) is 0 Å². The monoisotopic (exact) mass is 255 g/mol. The van der Waals surface area contributed by atoms with Gasteiger partial charge in [-0.25, -0.2) is 13.1 Å². The molecule has 1 aliphatic rings. The Morgan fingerprint density at radius 2 is 2.20 bits per heavy atom. The van der Waals surface area contributed by atoms with Crippen LogP contribution in [-0.4, -0.2) is 39.8 Å². The third-order valence-corrected chi connectivity index (χ3v) is 4.14. The number of sulfonamides is 1. The highest BCUT2D eigenvalue weighted by Crippen LogP contribution is 2.30. The van der Waals surface area contributed by atoms with Crippen LogP contribution in [0.5, 0.6) is 0 Å². The summed E-state index contributed by atoms with van der Waals surface area (Å²) in [5.74, 6) is 1.04. The van der Waals surface area contributed by atoms with Gasteiger partial charge in [0, 0.05) is 19.0 Å². The molecule has 1 atom stereocenters. The molecule has 0 heterocycles. The lowest BCUT2D eigenvalue weighted by molar-refractivity contribution is 0.173. The number of methoxy groups -OCH3 is 1. The Kier molecular flexibility index (Phi) is 5.32. The molecule has 0 bridgehead atoms. The molecule has 15 heavy (non-hydrogen) atoms. The topological polar surface area (TPSA) is 55.4 Å². The molecule has 1 rings (SSSR count). The van der Waals surface area contributed by atoms with Crippen molar-refractivity contribution in [3.05, 3.63) is 0 Å². The second-order valence-electron chi connectivity index (χ2n) is 3.97. The number of ether oxygens (including phenoxy) is 1. The first-order chi connectivity index (χ1) is 7.07. The summed E-state index contributed by atoms with van der Waals surface area (Å²) >= 11 is 5.59. The van der Waals surface area contributed by atoms with E-state index in [1.165, 1.54) is 0 Å². The van der Waals surface area contributed by atoms with E-state index in [1.807, 2.05) is 0 Å². The average Bonchev–Trinajstić information content (AvgIpc) is 2.87. The van der Waals surface area contributed by atoms with Gasteiger partial charge >= 0.3 is 0 Å². The van der Waals surface area contributed by atoms with Gasteiger partial charge in [0.05, 0.1) is 12.4 Å². The summed E-state index contributed by atoms with van der Waals surface area (Å²) in [7, 11) is -1.60. The van der Waals surface area contributed by atoms with E-state index < -0.39 is 10.0 Å². The molecular weight excluding hydrogens is 238 g/mol. The van der Waals surface area contributed by atoms with Crippen molar-refractivity contribution < 1.29 is 13.2 Å². The molecule has 6 heteroatoms. The molecule has 0 aromatic heterocycles. The van der Waals surface area contributed by atoms with Crippen molar-refractivity contribution in [1.29, 1.82) is 0 Å². The van der Waals surface area contributed by atoms with Gasteiger partial charge in [-0.15, -0.1) is 11.6 Å². The standard InChI is InChI=1S/C9H18ClNO3S/c1-14-6-9(4-5-10)11-15(12,13)7-8-2-3-8/h8-9,11H,2-7H2,1H3. The average molecular weight is 256 g/mol. The van der Waals surface area contributed by atoms with E-state index in [9.17, 15) is 8.42 Å². The van der Waals surface area contributed by atoms with E-state index in [0.717, 1.165) is 12.8 Å². The van der Waals surface area contributed by atoms with Crippen LogP contribution in [0.1, 0.15) is 19.3 Å². The van der Waals surface area contributed by atoms with E-state index in [1.54, 1.807) is 7.11 Å². The van der Waals surface area contributed by atoms with Crippen molar-refractivity contribution >= 4 is 21.6 Å². The van der Waals surface area contributed by atoms with Gasteiger partial charge in [0.25, 0.3) is 0 Å². The lowest BCUT2D eigenvalue weighted by atomic mass is 10.3. The zero-order valence-electron chi connectivity index (χ0n) is 8.91. The summed E-state index contributed by atoms with van der Waals surface area (Å²) in [5, 5.41) is 0. The van der Waals surface area contributed by atoms with Gasteiger partial charge in [-0.3, -0.25) is 0 Å². The minimum atomic E-state index is -3.15. The molecule has 4 nitrogen and oxygen atoms in total. The maximum Gasteiger partial charge on any atom is 0.212 e. The van der Waals surface area contributed by atoms with Crippen LogP contribution >= 0.6 is 11.6 Å². The first-order valence-corrected chi connectivity index (χ1v) is 7.31. The Bertz CT molecular complexity index is 271. The lowest BCUT2D eigenvalue weighted by Gasteiger charge is -2.16. The number of hydrogen-bond acceptors (Lipinski definition) is 3. The quantitative estimate of drug-likeness (QED) is 0.658. The third-order valence-electron chi connectivity index (χ3n) is 2.32. The predicted octanol–water partition coefficient (Wildman–Crippen LogP) is 0.960. The molecule has 1 fully saturated rings. The van der Waals surface area contributed by atoms with Gasteiger partial charge in [-0.2, -0.15) is 0 Å². The van der Waals surface area contributed by atoms with E-state index in [2.05, 4.69) is 4.72 Å². The summed E-state index contributed by atoms with van der Waals surface area (Å²) in [5.41, 5.74) is 0. The molecule has 0 aromatic rings. The van der Waals surface area contributed by atoms with E-state index >= 15 is 0 Å². The highest BCUT2D eigenvalue weighted by molar-refractivity contribution is 7.89. The minimum absolute atomic E-state index is 0.198. The van der Waals surface area contributed by atoms with Gasteiger partial charge in [-0.05, 0) is 25.2 Å². The van der Waals surface area contributed by atoms with Gasteiger partial charge in [0.2, 0.25) is 10.0 Å². The van der Waals surface area contributed by atoms with Crippen molar-refractivity contribution in [2.45, 2.75) is 25.3 Å². The fourth-order valence-corrected chi connectivity index (χ4v) is 3.41. The lowest BCUT2D eigenvalue weighted by Crippen LogP contribution is -2.39. The highest BCUT2D eigenvalue weighted by atomic mass is 35.5. The maximum absolute atomic E-state index is 11.6. The number of nitrogens with one attached hydrogen (secondary N) is 1. The summed E-state index contributed by atoms with van der Waals surface area (Å²) in [4.78, 5) is 0. The maximum atomic E-state index is 11.6. The Morgan fingerprint density at radius 1 is 1.53 bits per heavy atom. The van der Waals surface area contributed by atoms with Crippen LogP contribution in [0.3, 0.4) is 0 Å². The minimum Gasteiger partial charge on any atom is -0.383 e. The third kappa shape index (κ3) is 5.70. The summed E-state index contributed by atoms with van der Waals surface area (Å²) in [6, 6.07) is -0.198. The zero-order chi connectivity index (χ0) is 11.3. The van der Waals surface area contributed by atoms with Crippen molar-refractivity contribution in [1.82, 2.24) is 4.72 Å². The van der Waals surface area contributed by atoms with E-state index in [4.69, 9.17) is 16.3 Å². The highest BCUT2D eigenvalue weighted by Gasteiger charge is 2.29. The van der Waals surface area contributed by atoms with Crippen LogP contribution in [0.4, 0.5) is 0 Å². The van der Waals surface area contributed by atoms with Crippen LogP contribution in [0.25, 0.3) is 0 Å². The number of alkyl halides is 1. The van der Waals surface area contributed by atoms with Crippen LogP contribution < -0.4 is 4.72 Å². The fourth-order valence-electron chi connectivity index (χ4n) is 1.41. The Labute approximate surface area is 96.4 Å². The van der Waals surface area contributed by atoms with Gasteiger partial charge in [-0.1, -0.05) is 0 Å². The Morgan fingerprint density at radius 3 is 2.67 bits per heavy atom. The molecule has 0 spiro atoms. The number of halogens is 1. The van der Waals surface area contributed by atoms with Crippen molar-refractivity contribution in [3.63, 3.8) is 0 Å². The normalized spacial score (nSPS) is 19.1. The summed E-state index contributed by atoms with van der Waals surface area (Å²) < 4.78 is 30.8. The Balaban J connectivity index is 2.39. The van der Waals surface area contributed by atoms with Crippen molar-refractivity contribution in [2.24, 2.45) is 5.92 Å².